The lowest BCUT2D eigenvalue weighted by atomic mass is 10.1. The number of likely N-dealkylation sites (tertiary alicyclic amines) is 1. The number of carboxylic acid groups (broad SMARTS) is 1. The van der Waals surface area contributed by atoms with Gasteiger partial charge in [-0.15, -0.1) is 0 Å². The van der Waals surface area contributed by atoms with Crippen molar-refractivity contribution in [2.75, 3.05) is 40.5 Å². The number of amides is 1. The second kappa shape index (κ2) is 9.86. The SMILES string of the molecule is COc1ccc(/C(C)=N\OCCOC2CCN(C(=O)O)CC2)cc1OC. The van der Waals surface area contributed by atoms with Crippen molar-refractivity contribution >= 4 is 11.8 Å². The first-order valence-electron chi connectivity index (χ1n) is 8.53. The van der Waals surface area contributed by atoms with Gasteiger partial charge in [-0.05, 0) is 38.0 Å². The topological polar surface area (TPSA) is 89.8 Å². The molecule has 8 heteroatoms. The monoisotopic (exact) mass is 366 g/mol. The highest BCUT2D eigenvalue weighted by Crippen LogP contribution is 2.27. The van der Waals surface area contributed by atoms with Gasteiger partial charge in [0.15, 0.2) is 11.5 Å². The van der Waals surface area contributed by atoms with Crippen LogP contribution >= 0.6 is 0 Å². The Morgan fingerprint density at radius 1 is 1.19 bits per heavy atom. The minimum atomic E-state index is -0.869. The van der Waals surface area contributed by atoms with Crippen LogP contribution in [-0.4, -0.2) is 68.4 Å². The number of nitrogens with zero attached hydrogens (tertiary/aromatic N) is 2. The molecule has 1 aromatic rings. The summed E-state index contributed by atoms with van der Waals surface area (Å²) in [6.45, 7) is 3.63. The van der Waals surface area contributed by atoms with Crippen LogP contribution in [-0.2, 0) is 9.57 Å². The molecule has 1 amide bonds. The molecule has 0 bridgehead atoms. The highest BCUT2D eigenvalue weighted by molar-refractivity contribution is 5.98. The lowest BCUT2D eigenvalue weighted by molar-refractivity contribution is -0.0192. The van der Waals surface area contributed by atoms with E-state index in [1.165, 1.54) is 4.90 Å². The van der Waals surface area contributed by atoms with Gasteiger partial charge in [0.25, 0.3) is 0 Å². The van der Waals surface area contributed by atoms with Crippen molar-refractivity contribution in [3.05, 3.63) is 23.8 Å². The highest BCUT2D eigenvalue weighted by Gasteiger charge is 2.22. The van der Waals surface area contributed by atoms with E-state index in [4.69, 9.17) is 24.2 Å². The molecule has 26 heavy (non-hydrogen) atoms. The van der Waals surface area contributed by atoms with Crippen LogP contribution in [0.5, 0.6) is 11.5 Å². The van der Waals surface area contributed by atoms with Gasteiger partial charge in [-0.1, -0.05) is 5.16 Å². The summed E-state index contributed by atoms with van der Waals surface area (Å²) in [4.78, 5) is 17.6. The number of ether oxygens (including phenoxy) is 3. The van der Waals surface area contributed by atoms with Crippen molar-refractivity contribution in [1.82, 2.24) is 4.90 Å². The molecule has 0 atom stereocenters. The molecule has 0 aromatic heterocycles. The number of rotatable bonds is 8. The zero-order valence-electron chi connectivity index (χ0n) is 15.4. The fourth-order valence-electron chi connectivity index (χ4n) is 2.72. The molecule has 1 aliphatic heterocycles. The Morgan fingerprint density at radius 2 is 1.88 bits per heavy atom. The molecule has 1 saturated heterocycles. The lowest BCUT2D eigenvalue weighted by Crippen LogP contribution is -2.40. The fourth-order valence-corrected chi connectivity index (χ4v) is 2.72. The van der Waals surface area contributed by atoms with E-state index in [1.807, 2.05) is 25.1 Å². The van der Waals surface area contributed by atoms with Crippen LogP contribution in [0.15, 0.2) is 23.4 Å². The number of methoxy groups -OCH3 is 2. The second-order valence-electron chi connectivity index (χ2n) is 5.92. The van der Waals surface area contributed by atoms with Gasteiger partial charge >= 0.3 is 6.09 Å². The van der Waals surface area contributed by atoms with Gasteiger partial charge < -0.3 is 29.1 Å². The summed E-state index contributed by atoms with van der Waals surface area (Å²) in [7, 11) is 3.18. The van der Waals surface area contributed by atoms with E-state index >= 15 is 0 Å². The third kappa shape index (κ3) is 5.52. The number of piperidine rings is 1. The zero-order valence-corrected chi connectivity index (χ0v) is 15.4. The third-order valence-electron chi connectivity index (χ3n) is 4.24. The molecule has 0 saturated carbocycles. The van der Waals surface area contributed by atoms with Crippen LogP contribution in [0, 0.1) is 0 Å². The Labute approximate surface area is 153 Å². The number of carbonyl (C=O) groups is 1. The molecule has 2 rings (SSSR count). The Bertz CT molecular complexity index is 626. The maximum atomic E-state index is 10.9. The highest BCUT2D eigenvalue weighted by atomic mass is 16.6. The van der Waals surface area contributed by atoms with Crippen molar-refractivity contribution < 1.29 is 28.9 Å². The van der Waals surface area contributed by atoms with Crippen molar-refractivity contribution in [2.24, 2.45) is 5.16 Å². The molecule has 0 spiro atoms. The maximum absolute atomic E-state index is 10.9. The molecule has 1 N–H and O–H groups in total. The molecule has 1 aromatic carbocycles. The van der Waals surface area contributed by atoms with E-state index in [2.05, 4.69) is 5.16 Å². The summed E-state index contributed by atoms with van der Waals surface area (Å²) < 4.78 is 16.2. The minimum absolute atomic E-state index is 0.0742. The predicted molar refractivity (Wildman–Crippen MR) is 96.3 cm³/mol. The van der Waals surface area contributed by atoms with E-state index < -0.39 is 6.09 Å². The summed E-state index contributed by atoms with van der Waals surface area (Å²) in [5.41, 5.74) is 1.60. The average Bonchev–Trinajstić information content (AvgIpc) is 2.67. The van der Waals surface area contributed by atoms with Crippen LogP contribution in [0.3, 0.4) is 0 Å². The zero-order chi connectivity index (χ0) is 18.9. The van der Waals surface area contributed by atoms with Crippen molar-refractivity contribution in [1.29, 1.82) is 0 Å². The van der Waals surface area contributed by atoms with Crippen molar-refractivity contribution in [3.8, 4) is 11.5 Å². The largest absolute Gasteiger partial charge is 0.493 e. The van der Waals surface area contributed by atoms with Crippen molar-refractivity contribution in [2.45, 2.75) is 25.9 Å². The molecule has 0 radical (unpaired) electrons. The van der Waals surface area contributed by atoms with Gasteiger partial charge in [-0.25, -0.2) is 4.79 Å². The summed E-state index contributed by atoms with van der Waals surface area (Å²) >= 11 is 0. The molecular formula is C18H26N2O6. The first kappa shape index (κ1) is 19.8. The normalized spacial score (nSPS) is 15.7. The molecule has 1 fully saturated rings. The van der Waals surface area contributed by atoms with Gasteiger partial charge in [0.2, 0.25) is 0 Å². The Kier molecular flexibility index (Phi) is 7.53. The standard InChI is InChI=1S/C18H26N2O6/c1-13(14-4-5-16(23-2)17(12-14)24-3)19-26-11-10-25-15-6-8-20(9-7-15)18(21)22/h4-5,12,15H,6-11H2,1-3H3,(H,21,22)/b19-13-. The molecule has 0 aliphatic carbocycles. The fraction of sp³-hybridized carbons (Fsp3) is 0.556. The number of benzene rings is 1. The van der Waals surface area contributed by atoms with Gasteiger partial charge in [0, 0.05) is 18.7 Å². The number of hydrogen-bond donors (Lipinski definition) is 1. The number of oxime groups is 1. The van der Waals surface area contributed by atoms with Crippen LogP contribution in [0.2, 0.25) is 0 Å². The van der Waals surface area contributed by atoms with Crippen LogP contribution in [0.4, 0.5) is 4.79 Å². The molecule has 8 nitrogen and oxygen atoms in total. The quantitative estimate of drug-likeness (QED) is 0.432. The van der Waals surface area contributed by atoms with E-state index in [0.717, 1.165) is 11.3 Å². The average molecular weight is 366 g/mol. The van der Waals surface area contributed by atoms with Crippen LogP contribution in [0.25, 0.3) is 0 Å². The minimum Gasteiger partial charge on any atom is -0.493 e. The molecule has 144 valence electrons. The van der Waals surface area contributed by atoms with Gasteiger partial charge in [-0.3, -0.25) is 0 Å². The summed E-state index contributed by atoms with van der Waals surface area (Å²) in [6.07, 6.45) is 0.623. The predicted octanol–water partition coefficient (Wildman–Crippen LogP) is 2.60. The maximum Gasteiger partial charge on any atom is 0.407 e. The van der Waals surface area contributed by atoms with Gasteiger partial charge in [0.1, 0.15) is 6.61 Å². The molecule has 1 heterocycles. The third-order valence-corrected chi connectivity index (χ3v) is 4.24. The first-order valence-corrected chi connectivity index (χ1v) is 8.53. The first-order chi connectivity index (χ1) is 12.5. The van der Waals surface area contributed by atoms with E-state index in [1.54, 1.807) is 14.2 Å². The van der Waals surface area contributed by atoms with Crippen molar-refractivity contribution in [3.63, 3.8) is 0 Å². The van der Waals surface area contributed by atoms with Crippen LogP contribution in [0.1, 0.15) is 25.3 Å². The summed E-state index contributed by atoms with van der Waals surface area (Å²) in [5.74, 6) is 1.29. The van der Waals surface area contributed by atoms with E-state index in [-0.39, 0.29) is 6.10 Å². The smallest absolute Gasteiger partial charge is 0.407 e. The second-order valence-corrected chi connectivity index (χ2v) is 5.92. The molecule has 0 unspecified atom stereocenters. The van der Waals surface area contributed by atoms with Gasteiger partial charge in [-0.2, -0.15) is 0 Å². The lowest BCUT2D eigenvalue weighted by Gasteiger charge is -2.29. The summed E-state index contributed by atoms with van der Waals surface area (Å²) in [5, 5.41) is 13.0. The Hall–Kier alpha value is -2.48. The van der Waals surface area contributed by atoms with E-state index in [9.17, 15) is 4.79 Å². The number of hydrogen-bond acceptors (Lipinski definition) is 6. The molecule has 1 aliphatic rings. The Balaban J connectivity index is 1.72. The molecular weight excluding hydrogens is 340 g/mol. The van der Waals surface area contributed by atoms with Crippen LogP contribution < -0.4 is 9.47 Å². The van der Waals surface area contributed by atoms with E-state index in [0.29, 0.717) is 50.6 Å². The summed E-state index contributed by atoms with van der Waals surface area (Å²) in [6, 6.07) is 5.55. The van der Waals surface area contributed by atoms with Gasteiger partial charge in [0.05, 0.1) is 32.6 Å². The Morgan fingerprint density at radius 3 is 2.50 bits per heavy atom.